The maximum Gasteiger partial charge on any atom is 0.333 e. The van der Waals surface area contributed by atoms with E-state index in [2.05, 4.69) is 11.0 Å². The number of rotatable bonds is 6. The largest absolute Gasteiger partial charge is 0.333 e. The van der Waals surface area contributed by atoms with E-state index in [4.69, 9.17) is 4.84 Å². The highest BCUT2D eigenvalue weighted by Crippen LogP contribution is 2.35. The van der Waals surface area contributed by atoms with Crippen molar-refractivity contribution in [3.63, 3.8) is 0 Å². The quantitative estimate of drug-likeness (QED) is 0.677. The fourth-order valence-electron chi connectivity index (χ4n) is 4.08. The Morgan fingerprint density at radius 3 is 2.56 bits per heavy atom. The van der Waals surface area contributed by atoms with Gasteiger partial charge >= 0.3 is 5.97 Å². The van der Waals surface area contributed by atoms with E-state index in [1.807, 2.05) is 0 Å². The van der Waals surface area contributed by atoms with Crippen LogP contribution in [-0.2, 0) is 24.0 Å². The van der Waals surface area contributed by atoms with Gasteiger partial charge in [0.2, 0.25) is 0 Å². The summed E-state index contributed by atoms with van der Waals surface area (Å²) in [6.07, 6.45) is 7.01. The van der Waals surface area contributed by atoms with Gasteiger partial charge in [-0.3, -0.25) is 19.3 Å². The molecule has 0 aliphatic carbocycles. The SMILES string of the molecule is CC(=O)C1=CCC[C@H]2CCC1N2CCCC(=O)ON1C(=O)CCC1=O. The summed E-state index contributed by atoms with van der Waals surface area (Å²) >= 11 is 0. The fourth-order valence-corrected chi connectivity index (χ4v) is 4.08. The third-order valence-corrected chi connectivity index (χ3v) is 5.27. The number of imide groups is 1. The van der Waals surface area contributed by atoms with E-state index in [1.54, 1.807) is 6.92 Å². The second-order valence-electron chi connectivity index (χ2n) is 6.93. The highest BCUT2D eigenvalue weighted by Gasteiger charge is 2.38. The summed E-state index contributed by atoms with van der Waals surface area (Å²) in [5, 5.41) is 0.592. The zero-order chi connectivity index (χ0) is 18.0. The van der Waals surface area contributed by atoms with Gasteiger partial charge in [0, 0.05) is 36.9 Å². The Labute approximate surface area is 146 Å². The van der Waals surface area contributed by atoms with Crippen LogP contribution in [0.25, 0.3) is 0 Å². The van der Waals surface area contributed by atoms with Crippen LogP contribution in [0.2, 0.25) is 0 Å². The molecule has 0 aromatic carbocycles. The molecule has 2 amide bonds. The zero-order valence-electron chi connectivity index (χ0n) is 14.5. The molecule has 2 bridgehead atoms. The minimum Gasteiger partial charge on any atom is -0.330 e. The third-order valence-electron chi connectivity index (χ3n) is 5.27. The van der Waals surface area contributed by atoms with Crippen LogP contribution in [0.5, 0.6) is 0 Å². The van der Waals surface area contributed by atoms with E-state index < -0.39 is 17.8 Å². The number of hydrogen-bond acceptors (Lipinski definition) is 6. The van der Waals surface area contributed by atoms with Crippen molar-refractivity contribution in [3.05, 3.63) is 11.6 Å². The fraction of sp³-hybridized carbons (Fsp3) is 0.667. The monoisotopic (exact) mass is 348 g/mol. The molecule has 3 heterocycles. The molecule has 2 fully saturated rings. The van der Waals surface area contributed by atoms with Crippen LogP contribution in [0.3, 0.4) is 0 Å². The number of carbonyl (C=O) groups is 4. The number of hydroxylamine groups is 2. The number of carbonyl (C=O) groups excluding carboxylic acids is 4. The molecular weight excluding hydrogens is 324 g/mol. The topological polar surface area (TPSA) is 84.0 Å². The summed E-state index contributed by atoms with van der Waals surface area (Å²) in [6, 6.07) is 0.610. The lowest BCUT2D eigenvalue weighted by Gasteiger charge is -2.29. The maximum atomic E-state index is 11.9. The molecule has 0 aromatic rings. The Hall–Kier alpha value is -2.02. The summed E-state index contributed by atoms with van der Waals surface area (Å²) in [5.41, 5.74) is 0.899. The number of nitrogens with zero attached hydrogens (tertiary/aromatic N) is 2. The van der Waals surface area contributed by atoms with Gasteiger partial charge in [-0.2, -0.15) is 0 Å². The molecular formula is C18H24N2O5. The molecule has 3 rings (SSSR count). The minimum atomic E-state index is -0.562. The molecule has 0 radical (unpaired) electrons. The molecule has 2 atom stereocenters. The van der Waals surface area contributed by atoms with Gasteiger partial charge in [-0.15, -0.1) is 5.06 Å². The standard InChI is InChI=1S/C18H24N2O5/c1-12(21)14-5-2-4-13-7-8-15(14)19(13)11-3-6-18(24)25-20-16(22)9-10-17(20)23/h5,13,15H,2-4,6-11H2,1H3/t13-,15?/m0/s1. The van der Waals surface area contributed by atoms with Gasteiger partial charge < -0.3 is 4.84 Å². The molecule has 7 nitrogen and oxygen atoms in total. The van der Waals surface area contributed by atoms with Crippen LogP contribution in [0, 0.1) is 0 Å². The van der Waals surface area contributed by atoms with Crippen molar-refractivity contribution in [2.45, 2.75) is 70.4 Å². The molecule has 136 valence electrons. The second-order valence-corrected chi connectivity index (χ2v) is 6.93. The first-order chi connectivity index (χ1) is 12.0. The number of ketones is 1. The summed E-state index contributed by atoms with van der Waals surface area (Å²) in [7, 11) is 0. The Morgan fingerprint density at radius 2 is 1.88 bits per heavy atom. The minimum absolute atomic E-state index is 0.101. The Bertz CT molecular complexity index is 611. The Balaban J connectivity index is 1.51. The van der Waals surface area contributed by atoms with Crippen LogP contribution in [-0.4, -0.2) is 52.2 Å². The lowest BCUT2D eigenvalue weighted by Crippen LogP contribution is -2.38. The van der Waals surface area contributed by atoms with Crippen LogP contribution in [0.15, 0.2) is 11.6 Å². The summed E-state index contributed by atoms with van der Waals surface area (Å²) in [5.74, 6) is -1.35. The molecule has 1 unspecified atom stereocenters. The van der Waals surface area contributed by atoms with Gasteiger partial charge in [0.15, 0.2) is 5.78 Å². The van der Waals surface area contributed by atoms with E-state index in [9.17, 15) is 19.2 Å². The molecule has 3 aliphatic rings. The molecule has 0 spiro atoms. The average molecular weight is 348 g/mol. The van der Waals surface area contributed by atoms with E-state index in [1.165, 1.54) is 0 Å². The van der Waals surface area contributed by atoms with Crippen LogP contribution in [0.1, 0.15) is 58.3 Å². The molecule has 2 saturated heterocycles. The Morgan fingerprint density at radius 1 is 1.16 bits per heavy atom. The first-order valence-electron chi connectivity index (χ1n) is 9.00. The predicted octanol–water partition coefficient (Wildman–Crippen LogP) is 1.52. The lowest BCUT2D eigenvalue weighted by atomic mass is 9.97. The van der Waals surface area contributed by atoms with Gasteiger partial charge in [0.25, 0.3) is 11.8 Å². The maximum absolute atomic E-state index is 11.9. The normalized spacial score (nSPS) is 26.6. The summed E-state index contributed by atoms with van der Waals surface area (Å²) in [6.45, 7) is 2.32. The molecule has 7 heteroatoms. The predicted molar refractivity (Wildman–Crippen MR) is 87.9 cm³/mol. The average Bonchev–Trinajstić information content (AvgIpc) is 3.00. The van der Waals surface area contributed by atoms with Gasteiger partial charge in [0.05, 0.1) is 0 Å². The van der Waals surface area contributed by atoms with Crippen molar-refractivity contribution in [3.8, 4) is 0 Å². The molecule has 0 N–H and O–H groups in total. The van der Waals surface area contributed by atoms with E-state index >= 15 is 0 Å². The molecule has 25 heavy (non-hydrogen) atoms. The first kappa shape index (κ1) is 17.8. The van der Waals surface area contributed by atoms with Crippen LogP contribution in [0.4, 0.5) is 0 Å². The highest BCUT2D eigenvalue weighted by atomic mass is 16.7. The third kappa shape index (κ3) is 3.81. The lowest BCUT2D eigenvalue weighted by molar-refractivity contribution is -0.197. The first-order valence-corrected chi connectivity index (χ1v) is 9.00. The van der Waals surface area contributed by atoms with E-state index in [0.29, 0.717) is 24.1 Å². The van der Waals surface area contributed by atoms with Crippen molar-refractivity contribution >= 4 is 23.6 Å². The van der Waals surface area contributed by atoms with Crippen molar-refractivity contribution < 1.29 is 24.0 Å². The van der Waals surface area contributed by atoms with Crippen molar-refractivity contribution in [1.29, 1.82) is 0 Å². The molecule has 0 saturated carbocycles. The van der Waals surface area contributed by atoms with Crippen molar-refractivity contribution in [2.24, 2.45) is 0 Å². The number of fused-ring (bicyclic) bond motifs is 2. The van der Waals surface area contributed by atoms with Crippen molar-refractivity contribution in [2.75, 3.05) is 6.54 Å². The zero-order valence-corrected chi connectivity index (χ0v) is 14.5. The van der Waals surface area contributed by atoms with Gasteiger partial charge in [-0.1, -0.05) is 6.08 Å². The molecule has 0 aromatic heterocycles. The van der Waals surface area contributed by atoms with Crippen molar-refractivity contribution in [1.82, 2.24) is 9.96 Å². The van der Waals surface area contributed by atoms with Crippen LogP contribution >= 0.6 is 0 Å². The summed E-state index contributed by atoms with van der Waals surface area (Å²) < 4.78 is 0. The Kier molecular flexibility index (Phi) is 5.32. The number of hydrogen-bond donors (Lipinski definition) is 0. The van der Waals surface area contributed by atoms with Gasteiger partial charge in [0.1, 0.15) is 0 Å². The second kappa shape index (κ2) is 7.47. The number of Topliss-reactive ketones (excluding diaryl/α,β-unsaturated/α-hetero) is 1. The van der Waals surface area contributed by atoms with Gasteiger partial charge in [-0.05, 0) is 45.6 Å². The van der Waals surface area contributed by atoms with E-state index in [-0.39, 0.29) is 31.1 Å². The highest BCUT2D eigenvalue weighted by molar-refractivity contribution is 6.01. The smallest absolute Gasteiger partial charge is 0.330 e. The number of allylic oxidation sites excluding steroid dienone is 1. The molecule has 3 aliphatic heterocycles. The number of amides is 2. The van der Waals surface area contributed by atoms with E-state index in [0.717, 1.165) is 31.3 Å². The van der Waals surface area contributed by atoms with Crippen LogP contribution < -0.4 is 0 Å². The summed E-state index contributed by atoms with van der Waals surface area (Å²) in [4.78, 5) is 53.9. The van der Waals surface area contributed by atoms with Gasteiger partial charge in [-0.25, -0.2) is 4.79 Å².